The Morgan fingerprint density at radius 3 is 2.96 bits per heavy atom. The van der Waals surface area contributed by atoms with E-state index in [-0.39, 0.29) is 18.4 Å². The lowest BCUT2D eigenvalue weighted by Gasteiger charge is -2.25. The van der Waals surface area contributed by atoms with Gasteiger partial charge in [-0.05, 0) is 31.4 Å². The zero-order valence-corrected chi connectivity index (χ0v) is 15.7. The molecular weight excluding hydrogens is 350 g/mol. The van der Waals surface area contributed by atoms with E-state index >= 15 is 0 Å². The number of hydrogen-bond acceptors (Lipinski definition) is 6. The van der Waals surface area contributed by atoms with Gasteiger partial charge in [-0.15, -0.1) is 11.3 Å². The number of carbonyl (C=O) groups is 2. The molecule has 26 heavy (non-hydrogen) atoms. The fraction of sp³-hybridized carbons (Fsp3) is 0.444. The molecule has 1 N–H and O–H groups in total. The normalized spacial score (nSPS) is 16.7. The molecule has 0 spiro atoms. The predicted molar refractivity (Wildman–Crippen MR) is 101 cm³/mol. The van der Waals surface area contributed by atoms with Crippen LogP contribution in [0.2, 0.25) is 0 Å². The molecule has 0 aromatic carbocycles. The SMILES string of the molecule is CN1CCCNc2cccc(n2)CCCN(C(=O)c2cscn2)CC1=O. The van der Waals surface area contributed by atoms with Gasteiger partial charge in [0.1, 0.15) is 18.1 Å². The van der Waals surface area contributed by atoms with Crippen molar-refractivity contribution in [1.29, 1.82) is 0 Å². The van der Waals surface area contributed by atoms with E-state index in [1.165, 1.54) is 11.3 Å². The van der Waals surface area contributed by atoms with E-state index in [0.29, 0.717) is 18.8 Å². The molecule has 1 aliphatic heterocycles. The van der Waals surface area contributed by atoms with Crippen LogP contribution in [-0.4, -0.2) is 64.8 Å². The lowest BCUT2D eigenvalue weighted by molar-refractivity contribution is -0.130. The summed E-state index contributed by atoms with van der Waals surface area (Å²) in [6, 6.07) is 5.93. The van der Waals surface area contributed by atoms with E-state index in [2.05, 4.69) is 15.3 Å². The van der Waals surface area contributed by atoms with Crippen molar-refractivity contribution in [3.8, 4) is 0 Å². The number of hydrogen-bond donors (Lipinski definition) is 1. The lowest BCUT2D eigenvalue weighted by atomic mass is 10.2. The van der Waals surface area contributed by atoms with Gasteiger partial charge in [-0.25, -0.2) is 9.97 Å². The highest BCUT2D eigenvalue weighted by Gasteiger charge is 2.22. The van der Waals surface area contributed by atoms with Crippen molar-refractivity contribution in [3.63, 3.8) is 0 Å². The molecule has 0 fully saturated rings. The van der Waals surface area contributed by atoms with Gasteiger partial charge < -0.3 is 15.1 Å². The number of carbonyl (C=O) groups excluding carboxylic acids is 2. The number of pyridine rings is 1. The molecule has 8 heteroatoms. The average molecular weight is 373 g/mol. The number of nitrogens with zero attached hydrogens (tertiary/aromatic N) is 4. The maximum atomic E-state index is 12.7. The number of anilines is 1. The number of aromatic nitrogens is 2. The van der Waals surface area contributed by atoms with Gasteiger partial charge in [-0.1, -0.05) is 6.07 Å². The minimum absolute atomic E-state index is 0.0534. The van der Waals surface area contributed by atoms with Crippen LogP contribution in [0.1, 0.15) is 29.0 Å². The van der Waals surface area contributed by atoms with Crippen molar-refractivity contribution >= 4 is 29.0 Å². The summed E-state index contributed by atoms with van der Waals surface area (Å²) in [6.45, 7) is 1.95. The van der Waals surface area contributed by atoms with Crippen LogP contribution in [-0.2, 0) is 11.2 Å². The molecule has 2 aromatic rings. The van der Waals surface area contributed by atoms with Crippen LogP contribution in [0.5, 0.6) is 0 Å². The van der Waals surface area contributed by atoms with E-state index < -0.39 is 0 Å². The predicted octanol–water partition coefficient (Wildman–Crippen LogP) is 1.89. The Balaban J connectivity index is 1.76. The number of nitrogens with one attached hydrogen (secondary N) is 1. The van der Waals surface area contributed by atoms with Crippen LogP contribution < -0.4 is 5.32 Å². The maximum absolute atomic E-state index is 12.7. The maximum Gasteiger partial charge on any atom is 0.273 e. The molecule has 0 unspecified atom stereocenters. The highest BCUT2D eigenvalue weighted by Crippen LogP contribution is 2.11. The number of fused-ring (bicyclic) bond motifs is 2. The number of thiazole rings is 1. The first-order valence-corrected chi connectivity index (χ1v) is 9.69. The Morgan fingerprint density at radius 2 is 2.15 bits per heavy atom. The summed E-state index contributed by atoms with van der Waals surface area (Å²) in [5, 5.41) is 5.02. The number of amides is 2. The Kier molecular flexibility index (Phi) is 6.17. The van der Waals surface area contributed by atoms with Gasteiger partial charge >= 0.3 is 0 Å². The van der Waals surface area contributed by atoms with Gasteiger partial charge in [-0.3, -0.25) is 9.59 Å². The van der Waals surface area contributed by atoms with Crippen LogP contribution >= 0.6 is 11.3 Å². The molecule has 0 saturated carbocycles. The summed E-state index contributed by atoms with van der Waals surface area (Å²) >= 11 is 1.38. The molecule has 3 rings (SSSR count). The third-order valence-electron chi connectivity index (χ3n) is 4.33. The fourth-order valence-corrected chi connectivity index (χ4v) is 3.37. The number of aryl methyl sites for hydroxylation is 1. The van der Waals surface area contributed by atoms with Crippen LogP contribution in [0, 0.1) is 0 Å². The largest absolute Gasteiger partial charge is 0.370 e. The van der Waals surface area contributed by atoms with E-state index in [0.717, 1.165) is 37.3 Å². The van der Waals surface area contributed by atoms with Crippen LogP contribution in [0.3, 0.4) is 0 Å². The molecule has 0 atom stereocenters. The molecule has 2 aromatic heterocycles. The van der Waals surface area contributed by atoms with Gasteiger partial charge in [-0.2, -0.15) is 0 Å². The first kappa shape index (κ1) is 18.3. The molecule has 2 bridgehead atoms. The Bertz CT molecular complexity index is 750. The first-order valence-electron chi connectivity index (χ1n) is 8.75. The Morgan fingerprint density at radius 1 is 1.27 bits per heavy atom. The smallest absolute Gasteiger partial charge is 0.273 e. The van der Waals surface area contributed by atoms with Crippen molar-refractivity contribution < 1.29 is 9.59 Å². The average Bonchev–Trinajstić information content (AvgIpc) is 3.18. The first-order chi connectivity index (χ1) is 12.6. The number of likely N-dealkylation sites (N-methyl/N-ethyl adjacent to an activating group) is 1. The minimum atomic E-state index is -0.191. The molecule has 138 valence electrons. The summed E-state index contributed by atoms with van der Waals surface area (Å²) < 4.78 is 0. The molecule has 0 aliphatic carbocycles. The quantitative estimate of drug-likeness (QED) is 0.826. The Labute approximate surface area is 157 Å². The Hall–Kier alpha value is -2.48. The lowest BCUT2D eigenvalue weighted by Crippen LogP contribution is -2.42. The molecule has 2 amide bonds. The summed E-state index contributed by atoms with van der Waals surface area (Å²) in [7, 11) is 1.78. The summed E-state index contributed by atoms with van der Waals surface area (Å²) in [6.07, 6.45) is 2.30. The summed E-state index contributed by atoms with van der Waals surface area (Å²) in [5.74, 6) is 0.606. The van der Waals surface area contributed by atoms with E-state index in [1.807, 2.05) is 18.2 Å². The van der Waals surface area contributed by atoms with Crippen LogP contribution in [0.15, 0.2) is 29.1 Å². The van der Waals surface area contributed by atoms with Crippen molar-refractivity contribution in [2.24, 2.45) is 0 Å². The summed E-state index contributed by atoms with van der Waals surface area (Å²) in [5.41, 5.74) is 3.01. The summed E-state index contributed by atoms with van der Waals surface area (Å²) in [4.78, 5) is 37.2. The molecule has 3 heterocycles. The van der Waals surface area contributed by atoms with E-state index in [4.69, 9.17) is 0 Å². The standard InChI is InChI=1S/C18H23N5O2S/c1-22-9-4-8-19-16-7-2-5-14(21-16)6-3-10-23(11-17(22)24)18(25)15-12-26-13-20-15/h2,5,7,12-13H,3-4,6,8-11H2,1H3,(H,19,21). The molecule has 7 nitrogen and oxygen atoms in total. The second kappa shape index (κ2) is 8.75. The van der Waals surface area contributed by atoms with Crippen LogP contribution in [0.4, 0.5) is 5.82 Å². The van der Waals surface area contributed by atoms with Gasteiger partial charge in [0.2, 0.25) is 5.91 Å². The van der Waals surface area contributed by atoms with Crippen molar-refractivity contribution in [2.45, 2.75) is 19.3 Å². The second-order valence-corrected chi connectivity index (χ2v) is 7.03. The highest BCUT2D eigenvalue weighted by atomic mass is 32.1. The fourth-order valence-electron chi connectivity index (χ4n) is 2.84. The van der Waals surface area contributed by atoms with Gasteiger partial charge in [0.15, 0.2) is 0 Å². The van der Waals surface area contributed by atoms with Gasteiger partial charge in [0.05, 0.1) is 5.51 Å². The second-order valence-electron chi connectivity index (χ2n) is 6.31. The van der Waals surface area contributed by atoms with Gasteiger partial charge in [0.25, 0.3) is 5.91 Å². The molecular formula is C18H23N5O2S. The monoisotopic (exact) mass is 373 g/mol. The highest BCUT2D eigenvalue weighted by molar-refractivity contribution is 7.07. The number of rotatable bonds is 1. The minimum Gasteiger partial charge on any atom is -0.370 e. The van der Waals surface area contributed by atoms with E-state index in [1.54, 1.807) is 27.7 Å². The molecule has 1 aliphatic rings. The van der Waals surface area contributed by atoms with Crippen LogP contribution in [0.25, 0.3) is 0 Å². The van der Waals surface area contributed by atoms with Gasteiger partial charge in [0, 0.05) is 37.8 Å². The third-order valence-corrected chi connectivity index (χ3v) is 4.92. The van der Waals surface area contributed by atoms with E-state index in [9.17, 15) is 9.59 Å². The van der Waals surface area contributed by atoms with Crippen molar-refractivity contribution in [3.05, 3.63) is 40.5 Å². The topological polar surface area (TPSA) is 78.4 Å². The zero-order chi connectivity index (χ0) is 18.4. The molecule has 0 radical (unpaired) electrons. The molecule has 0 saturated heterocycles. The van der Waals surface area contributed by atoms with Crippen molar-refractivity contribution in [2.75, 3.05) is 38.5 Å². The zero-order valence-electron chi connectivity index (χ0n) is 14.9. The van der Waals surface area contributed by atoms with Crippen molar-refractivity contribution in [1.82, 2.24) is 19.8 Å². The third kappa shape index (κ3) is 4.78.